The molecule has 2 aliphatic rings. The maximum atomic E-state index is 13.0. The maximum absolute atomic E-state index is 13.0. The number of rotatable bonds is 2. The lowest BCUT2D eigenvalue weighted by molar-refractivity contribution is -0.0995. The highest BCUT2D eigenvalue weighted by Gasteiger charge is 2.42. The molecule has 1 N–H and O–H groups in total. The molecule has 0 saturated carbocycles. The summed E-state index contributed by atoms with van der Waals surface area (Å²) >= 11 is 0. The van der Waals surface area contributed by atoms with Crippen LogP contribution in [0.2, 0.25) is 0 Å². The number of hydrogen-bond acceptors (Lipinski definition) is 4. The molecule has 6 heteroatoms. The monoisotopic (exact) mass is 313 g/mol. The van der Waals surface area contributed by atoms with E-state index in [2.05, 4.69) is 10.2 Å². The zero-order chi connectivity index (χ0) is 15.7. The number of nitrogens with zero attached hydrogens (tertiary/aromatic N) is 2. The summed E-state index contributed by atoms with van der Waals surface area (Å²) in [5.74, 6) is -0.00724. The molecule has 1 amide bonds. The highest BCUT2D eigenvalue weighted by Crippen LogP contribution is 2.29. The van der Waals surface area contributed by atoms with E-state index >= 15 is 0 Å². The van der Waals surface area contributed by atoms with E-state index < -0.39 is 0 Å². The molecule has 2 fully saturated rings. The lowest BCUT2D eigenvalue weighted by atomic mass is 10.00. The van der Waals surface area contributed by atoms with Crippen LogP contribution in [0.3, 0.4) is 0 Å². The molecule has 0 bridgehead atoms. The van der Waals surface area contributed by atoms with E-state index in [1.165, 1.54) is 0 Å². The van der Waals surface area contributed by atoms with Crippen molar-refractivity contribution in [2.45, 2.75) is 12.0 Å². The Bertz CT molecular complexity index is 692. The molecule has 2 aliphatic heterocycles. The molecule has 23 heavy (non-hydrogen) atoms. The smallest absolute Gasteiger partial charge is 0.257 e. The van der Waals surface area contributed by atoms with Crippen LogP contribution in [-0.4, -0.2) is 59.5 Å². The van der Waals surface area contributed by atoms with Crippen LogP contribution in [0.25, 0.3) is 11.3 Å². The quantitative estimate of drug-likeness (QED) is 0.916. The van der Waals surface area contributed by atoms with Crippen LogP contribution < -0.4 is 0 Å². The van der Waals surface area contributed by atoms with Gasteiger partial charge in [-0.15, -0.1) is 0 Å². The minimum atomic E-state index is -0.329. The number of carbonyl (C=O) groups excluding carboxylic acids is 1. The summed E-state index contributed by atoms with van der Waals surface area (Å²) in [4.78, 5) is 14.8. The van der Waals surface area contributed by atoms with Crippen molar-refractivity contribution >= 4 is 5.91 Å². The third-order valence-electron chi connectivity index (χ3n) is 4.54. The highest BCUT2D eigenvalue weighted by atomic mass is 16.6. The average Bonchev–Trinajstić information content (AvgIpc) is 3.25. The molecule has 2 aromatic rings. The van der Waals surface area contributed by atoms with Crippen LogP contribution in [0.15, 0.2) is 36.5 Å². The Labute approximate surface area is 134 Å². The van der Waals surface area contributed by atoms with Crippen molar-refractivity contribution < 1.29 is 14.3 Å². The summed E-state index contributed by atoms with van der Waals surface area (Å²) < 4.78 is 11.4. The Hall–Kier alpha value is -2.18. The second-order valence-electron chi connectivity index (χ2n) is 6.09. The fraction of sp³-hybridized carbons (Fsp3) is 0.412. The van der Waals surface area contributed by atoms with Gasteiger partial charge in [-0.2, -0.15) is 5.10 Å². The van der Waals surface area contributed by atoms with E-state index in [-0.39, 0.29) is 11.5 Å². The molecule has 3 heterocycles. The molecule has 6 nitrogen and oxygen atoms in total. The Morgan fingerprint density at radius 2 is 2.13 bits per heavy atom. The number of carbonyl (C=O) groups is 1. The lowest BCUT2D eigenvalue weighted by Crippen LogP contribution is -2.54. The normalized spacial score (nSPS) is 24.3. The number of amides is 1. The molecule has 1 aromatic carbocycles. The van der Waals surface area contributed by atoms with Gasteiger partial charge in [-0.25, -0.2) is 0 Å². The van der Waals surface area contributed by atoms with Crippen molar-refractivity contribution in [3.8, 4) is 11.3 Å². The summed E-state index contributed by atoms with van der Waals surface area (Å²) in [5.41, 5.74) is 2.00. The van der Waals surface area contributed by atoms with E-state index in [0.717, 1.165) is 17.7 Å². The largest absolute Gasteiger partial charge is 0.378 e. The first-order chi connectivity index (χ1) is 11.3. The van der Waals surface area contributed by atoms with Crippen LogP contribution in [0, 0.1) is 0 Å². The number of nitrogens with one attached hydrogen (secondary N) is 1. The standard InChI is InChI=1S/C17H19N3O3/c21-16(20-7-9-23-17(11-20)6-8-22-12-17)14-10-18-19-15(14)13-4-2-1-3-5-13/h1-5,10H,6-9,11-12H2,(H,18,19)/t17-/m0/s1. The van der Waals surface area contributed by atoms with Crippen LogP contribution in [0.5, 0.6) is 0 Å². The van der Waals surface area contributed by atoms with E-state index in [9.17, 15) is 4.79 Å². The van der Waals surface area contributed by atoms with Crippen molar-refractivity contribution in [3.05, 3.63) is 42.1 Å². The molecular formula is C17H19N3O3. The van der Waals surface area contributed by atoms with Crippen molar-refractivity contribution in [3.63, 3.8) is 0 Å². The second kappa shape index (κ2) is 5.79. The minimum Gasteiger partial charge on any atom is -0.378 e. The Morgan fingerprint density at radius 3 is 2.91 bits per heavy atom. The number of benzene rings is 1. The number of ether oxygens (including phenoxy) is 2. The zero-order valence-corrected chi connectivity index (χ0v) is 12.8. The van der Waals surface area contributed by atoms with Gasteiger partial charge in [0.25, 0.3) is 5.91 Å². The van der Waals surface area contributed by atoms with Crippen LogP contribution >= 0.6 is 0 Å². The van der Waals surface area contributed by atoms with Crippen molar-refractivity contribution in [1.82, 2.24) is 15.1 Å². The third kappa shape index (κ3) is 2.64. The summed E-state index contributed by atoms with van der Waals surface area (Å²) in [5, 5.41) is 7.02. The molecule has 1 atom stereocenters. The van der Waals surface area contributed by atoms with Gasteiger partial charge in [-0.3, -0.25) is 9.89 Å². The van der Waals surface area contributed by atoms with Crippen LogP contribution in [0.4, 0.5) is 0 Å². The summed E-state index contributed by atoms with van der Waals surface area (Å²) in [6.07, 6.45) is 2.45. The van der Waals surface area contributed by atoms with Crippen molar-refractivity contribution in [2.24, 2.45) is 0 Å². The molecule has 1 spiro atoms. The van der Waals surface area contributed by atoms with Crippen molar-refractivity contribution in [2.75, 3.05) is 32.9 Å². The molecule has 0 radical (unpaired) electrons. The van der Waals surface area contributed by atoms with E-state index in [1.54, 1.807) is 6.20 Å². The molecule has 0 aliphatic carbocycles. The van der Waals surface area contributed by atoms with E-state index in [0.29, 0.717) is 38.5 Å². The summed E-state index contributed by atoms with van der Waals surface area (Å²) in [6, 6.07) is 9.78. The molecule has 4 rings (SSSR count). The van der Waals surface area contributed by atoms with Gasteiger partial charge in [-0.1, -0.05) is 30.3 Å². The number of aromatic nitrogens is 2. The van der Waals surface area contributed by atoms with Gasteiger partial charge in [0, 0.05) is 25.1 Å². The van der Waals surface area contributed by atoms with Gasteiger partial charge < -0.3 is 14.4 Å². The SMILES string of the molecule is O=C(c1cn[nH]c1-c1ccccc1)N1CCO[C@@]2(CCOC2)C1. The zero-order valence-electron chi connectivity index (χ0n) is 12.8. The van der Waals surface area contributed by atoms with Gasteiger partial charge in [-0.05, 0) is 0 Å². The van der Waals surface area contributed by atoms with Gasteiger partial charge in [0.15, 0.2) is 0 Å². The number of hydrogen-bond donors (Lipinski definition) is 1. The number of morpholine rings is 1. The number of H-pyrrole nitrogens is 1. The molecule has 120 valence electrons. The fourth-order valence-corrected chi connectivity index (χ4v) is 3.29. The van der Waals surface area contributed by atoms with E-state index in [4.69, 9.17) is 9.47 Å². The first kappa shape index (κ1) is 14.4. The first-order valence-electron chi connectivity index (χ1n) is 7.87. The fourth-order valence-electron chi connectivity index (χ4n) is 3.29. The van der Waals surface area contributed by atoms with Crippen molar-refractivity contribution in [1.29, 1.82) is 0 Å². The highest BCUT2D eigenvalue weighted by molar-refractivity contribution is 5.99. The van der Waals surface area contributed by atoms with Crippen LogP contribution in [0.1, 0.15) is 16.8 Å². The van der Waals surface area contributed by atoms with Crippen LogP contribution in [-0.2, 0) is 9.47 Å². The molecule has 2 saturated heterocycles. The van der Waals surface area contributed by atoms with Gasteiger partial charge in [0.2, 0.25) is 0 Å². The minimum absolute atomic E-state index is 0.00724. The summed E-state index contributed by atoms with van der Waals surface area (Å²) in [7, 11) is 0. The Balaban J connectivity index is 1.59. The maximum Gasteiger partial charge on any atom is 0.257 e. The lowest BCUT2D eigenvalue weighted by Gasteiger charge is -2.39. The van der Waals surface area contributed by atoms with Gasteiger partial charge in [0.1, 0.15) is 5.60 Å². The molecular weight excluding hydrogens is 294 g/mol. The average molecular weight is 313 g/mol. The molecule has 0 unspecified atom stereocenters. The topological polar surface area (TPSA) is 67.5 Å². The van der Waals surface area contributed by atoms with Gasteiger partial charge in [0.05, 0.1) is 37.2 Å². The second-order valence-corrected chi connectivity index (χ2v) is 6.09. The third-order valence-corrected chi connectivity index (χ3v) is 4.54. The Morgan fingerprint density at radius 1 is 1.26 bits per heavy atom. The first-order valence-corrected chi connectivity index (χ1v) is 7.87. The predicted molar refractivity (Wildman–Crippen MR) is 84.0 cm³/mol. The van der Waals surface area contributed by atoms with E-state index in [1.807, 2.05) is 35.2 Å². The molecule has 1 aromatic heterocycles. The predicted octanol–water partition coefficient (Wildman–Crippen LogP) is 1.71. The summed E-state index contributed by atoms with van der Waals surface area (Å²) in [6.45, 7) is 2.98. The Kier molecular flexibility index (Phi) is 3.63. The van der Waals surface area contributed by atoms with Gasteiger partial charge >= 0.3 is 0 Å². The number of aromatic amines is 1.